The highest BCUT2D eigenvalue weighted by atomic mass is 16.5. The van der Waals surface area contributed by atoms with Crippen LogP contribution in [0.3, 0.4) is 0 Å². The molecular formula is C11H17N3O2. The number of rotatable bonds is 3. The fraction of sp³-hybridized carbons (Fsp3) is 0.727. The molecule has 1 aromatic rings. The van der Waals surface area contributed by atoms with Crippen molar-refractivity contribution in [2.45, 2.75) is 37.7 Å². The maximum atomic E-state index is 12.4. The van der Waals surface area contributed by atoms with Crippen LogP contribution in [-0.4, -0.2) is 33.5 Å². The normalized spacial score (nSPS) is 19.6. The molecule has 1 aromatic heterocycles. The van der Waals surface area contributed by atoms with Crippen LogP contribution in [0.4, 0.5) is 0 Å². The summed E-state index contributed by atoms with van der Waals surface area (Å²) in [6.45, 7) is 0. The van der Waals surface area contributed by atoms with E-state index >= 15 is 0 Å². The van der Waals surface area contributed by atoms with E-state index in [-0.39, 0.29) is 5.78 Å². The van der Waals surface area contributed by atoms with Gasteiger partial charge in [-0.25, -0.2) is 4.68 Å². The number of methoxy groups -OCH3 is 1. The number of hydrogen-bond donors (Lipinski definition) is 0. The molecule has 1 heterocycles. The first-order valence-corrected chi connectivity index (χ1v) is 5.64. The highest BCUT2D eigenvalue weighted by molar-refractivity contribution is 6.01. The number of Topliss-reactive ketones (excluding diaryl/α,β-unsaturated/α-hetero) is 1. The number of aryl methyl sites for hydroxylation is 1. The van der Waals surface area contributed by atoms with Gasteiger partial charge in [0.05, 0.1) is 6.20 Å². The van der Waals surface area contributed by atoms with Gasteiger partial charge in [-0.3, -0.25) is 4.79 Å². The van der Waals surface area contributed by atoms with E-state index in [0.29, 0.717) is 5.69 Å². The lowest BCUT2D eigenvalue weighted by molar-refractivity contribution is -0.0200. The van der Waals surface area contributed by atoms with Gasteiger partial charge >= 0.3 is 0 Å². The Balaban J connectivity index is 2.28. The summed E-state index contributed by atoms with van der Waals surface area (Å²) >= 11 is 0. The summed E-state index contributed by atoms with van der Waals surface area (Å²) in [5, 5.41) is 7.53. The number of ether oxygens (including phenoxy) is 1. The van der Waals surface area contributed by atoms with E-state index in [9.17, 15) is 4.79 Å². The number of nitrogens with zero attached hydrogens (tertiary/aromatic N) is 3. The summed E-state index contributed by atoms with van der Waals surface area (Å²) in [7, 11) is 3.35. The van der Waals surface area contributed by atoms with Crippen molar-refractivity contribution >= 4 is 5.78 Å². The van der Waals surface area contributed by atoms with Crippen LogP contribution >= 0.6 is 0 Å². The van der Waals surface area contributed by atoms with Crippen LogP contribution in [0.1, 0.15) is 42.6 Å². The summed E-state index contributed by atoms with van der Waals surface area (Å²) in [5.41, 5.74) is -0.114. The molecule has 0 spiro atoms. The highest BCUT2D eigenvalue weighted by Crippen LogP contribution is 2.33. The Morgan fingerprint density at radius 1 is 1.44 bits per heavy atom. The smallest absolute Gasteiger partial charge is 0.214 e. The van der Waals surface area contributed by atoms with Crippen LogP contribution in [0.2, 0.25) is 0 Å². The van der Waals surface area contributed by atoms with Gasteiger partial charge in [-0.15, -0.1) is 5.10 Å². The van der Waals surface area contributed by atoms with Crippen molar-refractivity contribution in [3.8, 4) is 0 Å². The molecule has 0 amide bonds. The summed E-state index contributed by atoms with van der Waals surface area (Å²) in [4.78, 5) is 12.4. The number of ketones is 1. The number of aromatic nitrogens is 3. The van der Waals surface area contributed by atoms with Gasteiger partial charge in [0.25, 0.3) is 0 Å². The second-order valence-corrected chi connectivity index (χ2v) is 4.33. The molecule has 1 saturated carbocycles. The first kappa shape index (κ1) is 11.3. The lowest BCUT2D eigenvalue weighted by Gasteiger charge is -2.34. The molecule has 0 radical (unpaired) electrons. The molecule has 2 rings (SSSR count). The average Bonchev–Trinajstić information content (AvgIpc) is 2.75. The Labute approximate surface area is 94.8 Å². The highest BCUT2D eigenvalue weighted by Gasteiger charge is 2.41. The van der Waals surface area contributed by atoms with Gasteiger partial charge in [0.2, 0.25) is 5.78 Å². The fourth-order valence-electron chi connectivity index (χ4n) is 2.38. The lowest BCUT2D eigenvalue weighted by atomic mass is 9.80. The molecule has 1 aliphatic carbocycles. The van der Waals surface area contributed by atoms with E-state index in [2.05, 4.69) is 10.3 Å². The predicted molar refractivity (Wildman–Crippen MR) is 58.2 cm³/mol. The fourth-order valence-corrected chi connectivity index (χ4v) is 2.38. The zero-order chi connectivity index (χ0) is 11.6. The minimum absolute atomic E-state index is 0.0159. The van der Waals surface area contributed by atoms with Crippen LogP contribution in [0, 0.1) is 0 Å². The SMILES string of the molecule is COC1(C(=O)c2cnnn2C)CCCCC1. The molecule has 0 aromatic carbocycles. The number of carbonyl (C=O) groups excluding carboxylic acids is 1. The molecule has 16 heavy (non-hydrogen) atoms. The van der Waals surface area contributed by atoms with E-state index in [4.69, 9.17) is 4.74 Å². The van der Waals surface area contributed by atoms with Gasteiger partial charge in [-0.05, 0) is 12.8 Å². The monoisotopic (exact) mass is 223 g/mol. The predicted octanol–water partition coefficient (Wildman–Crippen LogP) is 1.35. The second kappa shape index (κ2) is 4.33. The molecule has 0 atom stereocenters. The van der Waals surface area contributed by atoms with E-state index in [1.165, 1.54) is 17.3 Å². The van der Waals surface area contributed by atoms with Gasteiger partial charge in [0, 0.05) is 14.2 Å². The van der Waals surface area contributed by atoms with Gasteiger partial charge < -0.3 is 4.74 Å². The Hall–Kier alpha value is -1.23. The summed E-state index contributed by atoms with van der Waals surface area (Å²) in [6, 6.07) is 0. The second-order valence-electron chi connectivity index (χ2n) is 4.33. The van der Waals surface area contributed by atoms with Crippen molar-refractivity contribution in [3.05, 3.63) is 11.9 Å². The molecule has 5 nitrogen and oxygen atoms in total. The van der Waals surface area contributed by atoms with Gasteiger partial charge in [-0.2, -0.15) is 0 Å². The molecular weight excluding hydrogens is 206 g/mol. The molecule has 1 fully saturated rings. The minimum atomic E-state index is -0.645. The van der Waals surface area contributed by atoms with Crippen LogP contribution in [0.5, 0.6) is 0 Å². The van der Waals surface area contributed by atoms with Crippen LogP contribution in [-0.2, 0) is 11.8 Å². The Kier molecular flexibility index (Phi) is 3.05. The zero-order valence-corrected chi connectivity index (χ0v) is 9.77. The van der Waals surface area contributed by atoms with Crippen molar-refractivity contribution in [2.75, 3.05) is 7.11 Å². The Morgan fingerprint density at radius 3 is 2.62 bits per heavy atom. The first-order valence-electron chi connectivity index (χ1n) is 5.64. The topological polar surface area (TPSA) is 57.0 Å². The van der Waals surface area contributed by atoms with Crippen molar-refractivity contribution in [2.24, 2.45) is 7.05 Å². The van der Waals surface area contributed by atoms with E-state index in [0.717, 1.165) is 25.7 Å². The molecule has 1 aliphatic rings. The van der Waals surface area contributed by atoms with Crippen molar-refractivity contribution in [1.82, 2.24) is 15.0 Å². The largest absolute Gasteiger partial charge is 0.370 e. The number of hydrogen-bond acceptors (Lipinski definition) is 4. The third-order valence-electron chi connectivity index (χ3n) is 3.41. The van der Waals surface area contributed by atoms with Crippen LogP contribution in [0.15, 0.2) is 6.20 Å². The molecule has 5 heteroatoms. The van der Waals surface area contributed by atoms with Crippen LogP contribution in [0.25, 0.3) is 0 Å². The van der Waals surface area contributed by atoms with Crippen LogP contribution < -0.4 is 0 Å². The third kappa shape index (κ3) is 1.75. The van der Waals surface area contributed by atoms with Gasteiger partial charge in [0.15, 0.2) is 0 Å². The average molecular weight is 223 g/mol. The van der Waals surface area contributed by atoms with Gasteiger partial charge in [0.1, 0.15) is 11.3 Å². The molecule has 0 saturated heterocycles. The molecule has 0 bridgehead atoms. The first-order chi connectivity index (χ1) is 7.69. The summed E-state index contributed by atoms with van der Waals surface area (Å²) in [5.74, 6) is 0.0159. The maximum Gasteiger partial charge on any atom is 0.214 e. The van der Waals surface area contributed by atoms with E-state index in [1.54, 1.807) is 14.2 Å². The summed E-state index contributed by atoms with van der Waals surface area (Å²) in [6.07, 6.45) is 6.39. The quantitative estimate of drug-likeness (QED) is 0.726. The van der Waals surface area contributed by atoms with Crippen molar-refractivity contribution < 1.29 is 9.53 Å². The Bertz CT molecular complexity index is 380. The van der Waals surface area contributed by atoms with Crippen molar-refractivity contribution in [1.29, 1.82) is 0 Å². The zero-order valence-electron chi connectivity index (χ0n) is 9.77. The third-order valence-corrected chi connectivity index (χ3v) is 3.41. The van der Waals surface area contributed by atoms with E-state index < -0.39 is 5.60 Å². The molecule has 0 N–H and O–H groups in total. The molecule has 0 unspecified atom stereocenters. The lowest BCUT2D eigenvalue weighted by Crippen LogP contribution is -2.43. The minimum Gasteiger partial charge on any atom is -0.370 e. The standard InChI is InChI=1S/C11H17N3O2/c1-14-9(8-12-13-14)10(15)11(16-2)6-4-3-5-7-11/h8H,3-7H2,1-2H3. The molecule has 88 valence electrons. The van der Waals surface area contributed by atoms with E-state index in [1.807, 2.05) is 0 Å². The Morgan fingerprint density at radius 2 is 2.12 bits per heavy atom. The maximum absolute atomic E-state index is 12.4. The summed E-state index contributed by atoms with van der Waals surface area (Å²) < 4.78 is 7.01. The molecule has 0 aliphatic heterocycles. The van der Waals surface area contributed by atoms with Crippen molar-refractivity contribution in [3.63, 3.8) is 0 Å². The number of carbonyl (C=O) groups is 1. The van der Waals surface area contributed by atoms with Gasteiger partial charge in [-0.1, -0.05) is 24.5 Å².